The second-order valence-electron chi connectivity index (χ2n) is 4.54. The molecule has 0 radical (unpaired) electrons. The van der Waals surface area contributed by atoms with E-state index in [1.807, 2.05) is 12.1 Å². The van der Waals surface area contributed by atoms with Gasteiger partial charge in [0.1, 0.15) is 11.6 Å². The van der Waals surface area contributed by atoms with Crippen molar-refractivity contribution in [1.29, 1.82) is 0 Å². The van der Waals surface area contributed by atoms with Crippen molar-refractivity contribution in [2.24, 2.45) is 0 Å². The van der Waals surface area contributed by atoms with Crippen LogP contribution in [0.4, 0.5) is 4.39 Å². The summed E-state index contributed by atoms with van der Waals surface area (Å²) in [5.74, 6) is 1.09. The zero-order valence-electron chi connectivity index (χ0n) is 10.8. The summed E-state index contributed by atoms with van der Waals surface area (Å²) in [6.45, 7) is 0.677. The predicted octanol–water partition coefficient (Wildman–Crippen LogP) is 3.40. The van der Waals surface area contributed by atoms with Crippen LogP contribution in [0, 0.1) is 5.82 Å². The third kappa shape index (κ3) is 2.51. The monoisotopic (exact) mass is 289 g/mol. The Balaban J connectivity index is 2.09. The molecule has 0 saturated carbocycles. The van der Waals surface area contributed by atoms with Gasteiger partial charge >= 0.3 is 0 Å². The van der Waals surface area contributed by atoms with Gasteiger partial charge < -0.3 is 4.57 Å². The molecule has 2 heterocycles. The first-order valence-electron chi connectivity index (χ1n) is 6.37. The Hall–Kier alpha value is -1.94. The van der Waals surface area contributed by atoms with Crippen molar-refractivity contribution in [3.8, 4) is 0 Å². The predicted molar refractivity (Wildman–Crippen MR) is 77.5 cm³/mol. The minimum absolute atomic E-state index is 0.275. The maximum Gasteiger partial charge on any atom is 0.125 e. The summed E-state index contributed by atoms with van der Waals surface area (Å²) in [6.07, 6.45) is 4.17. The number of aryl methyl sites for hydroxylation is 1. The van der Waals surface area contributed by atoms with E-state index in [0.29, 0.717) is 24.4 Å². The number of halogens is 2. The summed E-state index contributed by atoms with van der Waals surface area (Å²) < 4.78 is 15.4. The number of aromatic nitrogens is 3. The lowest BCUT2D eigenvalue weighted by molar-refractivity contribution is 0.629. The number of rotatable bonds is 4. The topological polar surface area (TPSA) is 30.7 Å². The van der Waals surface area contributed by atoms with E-state index < -0.39 is 0 Å². The summed E-state index contributed by atoms with van der Waals surface area (Å²) in [4.78, 5) is 8.49. The second-order valence-corrected chi connectivity index (χ2v) is 4.92. The van der Waals surface area contributed by atoms with E-state index in [9.17, 15) is 4.39 Å². The standard InChI is InChI=1S/C15H13ClFN3/c16-6-3-15-19-13-9-12(17)1-2-14(13)20(15)10-11-4-7-18-8-5-11/h1-2,4-5,7-9H,3,6,10H2. The molecule has 0 N–H and O–H groups in total. The Bertz CT molecular complexity index is 725. The van der Waals surface area contributed by atoms with Crippen LogP contribution < -0.4 is 0 Å². The van der Waals surface area contributed by atoms with Gasteiger partial charge in [0.15, 0.2) is 0 Å². The van der Waals surface area contributed by atoms with E-state index >= 15 is 0 Å². The summed E-state index contributed by atoms with van der Waals surface area (Å²) in [6, 6.07) is 8.59. The van der Waals surface area contributed by atoms with Gasteiger partial charge in [-0.25, -0.2) is 9.37 Å². The minimum Gasteiger partial charge on any atom is -0.323 e. The molecule has 0 bridgehead atoms. The van der Waals surface area contributed by atoms with Crippen molar-refractivity contribution in [2.45, 2.75) is 13.0 Å². The molecular formula is C15H13ClFN3. The lowest BCUT2D eigenvalue weighted by Gasteiger charge is -2.08. The molecule has 0 spiro atoms. The molecule has 0 aliphatic carbocycles. The van der Waals surface area contributed by atoms with Gasteiger partial charge in [-0.15, -0.1) is 11.6 Å². The van der Waals surface area contributed by atoms with Crippen LogP contribution in [0.2, 0.25) is 0 Å². The highest BCUT2D eigenvalue weighted by Crippen LogP contribution is 2.19. The molecule has 3 nitrogen and oxygen atoms in total. The van der Waals surface area contributed by atoms with Crippen LogP contribution in [0.1, 0.15) is 11.4 Å². The number of imidazole rings is 1. The number of fused-ring (bicyclic) bond motifs is 1. The van der Waals surface area contributed by atoms with Crippen molar-refractivity contribution < 1.29 is 4.39 Å². The first-order valence-corrected chi connectivity index (χ1v) is 6.91. The smallest absolute Gasteiger partial charge is 0.125 e. The number of hydrogen-bond acceptors (Lipinski definition) is 2. The first-order chi connectivity index (χ1) is 9.78. The Morgan fingerprint density at radius 1 is 1.15 bits per heavy atom. The van der Waals surface area contributed by atoms with Gasteiger partial charge in [-0.1, -0.05) is 0 Å². The average Bonchev–Trinajstić information content (AvgIpc) is 2.77. The minimum atomic E-state index is -0.275. The van der Waals surface area contributed by atoms with E-state index in [2.05, 4.69) is 14.5 Å². The fraction of sp³-hybridized carbons (Fsp3) is 0.200. The second kappa shape index (κ2) is 5.59. The Kier molecular flexibility index (Phi) is 3.65. The maximum atomic E-state index is 13.3. The third-order valence-corrected chi connectivity index (χ3v) is 3.39. The van der Waals surface area contributed by atoms with Gasteiger partial charge in [0, 0.05) is 37.3 Å². The first kappa shape index (κ1) is 13.1. The van der Waals surface area contributed by atoms with Gasteiger partial charge in [0.25, 0.3) is 0 Å². The number of alkyl halides is 1. The normalized spacial score (nSPS) is 11.1. The molecule has 0 unspecified atom stereocenters. The van der Waals surface area contributed by atoms with Gasteiger partial charge in [-0.05, 0) is 29.8 Å². The summed E-state index contributed by atoms with van der Waals surface area (Å²) in [5.41, 5.74) is 2.71. The lowest BCUT2D eigenvalue weighted by Crippen LogP contribution is -2.06. The maximum absolute atomic E-state index is 13.3. The van der Waals surface area contributed by atoms with Crippen LogP contribution in [-0.2, 0) is 13.0 Å². The van der Waals surface area contributed by atoms with E-state index in [1.54, 1.807) is 18.5 Å². The van der Waals surface area contributed by atoms with Gasteiger partial charge in [-0.3, -0.25) is 4.98 Å². The molecule has 0 fully saturated rings. The highest BCUT2D eigenvalue weighted by Gasteiger charge is 2.11. The van der Waals surface area contributed by atoms with Crippen LogP contribution in [0.15, 0.2) is 42.7 Å². The summed E-state index contributed by atoms with van der Waals surface area (Å²) in [5, 5.41) is 0. The zero-order valence-corrected chi connectivity index (χ0v) is 11.5. The van der Waals surface area contributed by atoms with E-state index in [1.165, 1.54) is 12.1 Å². The van der Waals surface area contributed by atoms with E-state index in [4.69, 9.17) is 11.6 Å². The van der Waals surface area contributed by atoms with E-state index in [-0.39, 0.29) is 5.82 Å². The van der Waals surface area contributed by atoms with Crippen molar-refractivity contribution in [3.05, 3.63) is 59.9 Å². The van der Waals surface area contributed by atoms with Crippen LogP contribution in [-0.4, -0.2) is 20.4 Å². The highest BCUT2D eigenvalue weighted by atomic mass is 35.5. The summed E-state index contributed by atoms with van der Waals surface area (Å²) >= 11 is 5.83. The lowest BCUT2D eigenvalue weighted by atomic mass is 10.2. The quantitative estimate of drug-likeness (QED) is 0.689. The van der Waals surface area contributed by atoms with Crippen LogP contribution >= 0.6 is 11.6 Å². The zero-order chi connectivity index (χ0) is 13.9. The van der Waals surface area contributed by atoms with Crippen LogP contribution in [0.5, 0.6) is 0 Å². The molecule has 0 aliphatic rings. The molecule has 0 amide bonds. The fourth-order valence-electron chi connectivity index (χ4n) is 2.28. The molecule has 0 aliphatic heterocycles. The molecule has 0 saturated heterocycles. The van der Waals surface area contributed by atoms with Crippen LogP contribution in [0.3, 0.4) is 0 Å². The molecular weight excluding hydrogens is 277 g/mol. The van der Waals surface area contributed by atoms with Gasteiger partial charge in [-0.2, -0.15) is 0 Å². The highest BCUT2D eigenvalue weighted by molar-refractivity contribution is 6.17. The molecule has 5 heteroatoms. The van der Waals surface area contributed by atoms with Gasteiger partial charge in [0.05, 0.1) is 11.0 Å². The number of benzene rings is 1. The Labute approximate surface area is 121 Å². The van der Waals surface area contributed by atoms with Gasteiger partial charge in [0.2, 0.25) is 0 Å². The molecule has 2 aromatic heterocycles. The Morgan fingerprint density at radius 3 is 2.70 bits per heavy atom. The molecule has 1 aromatic carbocycles. The molecule has 3 rings (SSSR count). The third-order valence-electron chi connectivity index (χ3n) is 3.20. The van der Waals surface area contributed by atoms with Crippen LogP contribution in [0.25, 0.3) is 11.0 Å². The molecule has 20 heavy (non-hydrogen) atoms. The van der Waals surface area contributed by atoms with Crippen molar-refractivity contribution in [3.63, 3.8) is 0 Å². The molecule has 102 valence electrons. The fourth-order valence-corrected chi connectivity index (χ4v) is 2.44. The number of pyridine rings is 1. The van der Waals surface area contributed by atoms with Crippen molar-refractivity contribution >= 4 is 22.6 Å². The van der Waals surface area contributed by atoms with Crippen molar-refractivity contribution in [2.75, 3.05) is 5.88 Å². The SMILES string of the molecule is Fc1ccc2c(c1)nc(CCCl)n2Cc1ccncc1. The Morgan fingerprint density at radius 2 is 1.95 bits per heavy atom. The number of nitrogens with zero attached hydrogens (tertiary/aromatic N) is 3. The average molecular weight is 290 g/mol. The van der Waals surface area contributed by atoms with Crippen molar-refractivity contribution in [1.82, 2.24) is 14.5 Å². The largest absolute Gasteiger partial charge is 0.323 e. The molecule has 0 atom stereocenters. The number of hydrogen-bond donors (Lipinski definition) is 0. The van der Waals surface area contributed by atoms with E-state index in [0.717, 1.165) is 16.9 Å². The summed E-state index contributed by atoms with van der Waals surface area (Å²) in [7, 11) is 0. The molecule has 3 aromatic rings.